The maximum Gasteiger partial charge on any atom is 0.223 e. The smallest absolute Gasteiger partial charge is 0.223 e. The van der Waals surface area contributed by atoms with Crippen molar-refractivity contribution >= 4 is 34.1 Å². The Hall–Kier alpha value is -3.44. The highest BCUT2D eigenvalue weighted by Gasteiger charge is 2.23. The van der Waals surface area contributed by atoms with Gasteiger partial charge in [0.05, 0.1) is 12.8 Å². The second-order valence-corrected chi connectivity index (χ2v) is 9.01. The first-order valence-electron chi connectivity index (χ1n) is 11.7. The first kappa shape index (κ1) is 22.4. The van der Waals surface area contributed by atoms with Crippen LogP contribution in [0.2, 0.25) is 5.02 Å². The Balaban J connectivity index is 1.30. The number of piperazine rings is 1. The number of H-pyrrole nitrogens is 1. The molecule has 2 heterocycles. The van der Waals surface area contributed by atoms with E-state index in [-0.39, 0.29) is 5.91 Å². The van der Waals surface area contributed by atoms with Gasteiger partial charge >= 0.3 is 0 Å². The summed E-state index contributed by atoms with van der Waals surface area (Å²) in [6.07, 6.45) is 1.13. The second-order valence-electron chi connectivity index (χ2n) is 8.57. The van der Waals surface area contributed by atoms with Gasteiger partial charge in [0.15, 0.2) is 0 Å². The highest BCUT2D eigenvalue weighted by molar-refractivity contribution is 6.31. The van der Waals surface area contributed by atoms with Crippen LogP contribution in [0.3, 0.4) is 0 Å². The third-order valence-electron chi connectivity index (χ3n) is 6.58. The molecular formula is C28H28ClN3O2. The van der Waals surface area contributed by atoms with Crippen molar-refractivity contribution in [2.75, 3.05) is 38.2 Å². The van der Waals surface area contributed by atoms with Crippen LogP contribution in [-0.4, -0.2) is 49.1 Å². The number of nitrogens with one attached hydrogen (secondary N) is 1. The van der Waals surface area contributed by atoms with Gasteiger partial charge in [-0.15, -0.1) is 0 Å². The molecule has 1 amide bonds. The molecule has 3 aromatic carbocycles. The van der Waals surface area contributed by atoms with Gasteiger partial charge in [0.25, 0.3) is 0 Å². The third-order valence-corrected chi connectivity index (χ3v) is 6.81. The molecule has 1 N–H and O–H groups in total. The van der Waals surface area contributed by atoms with E-state index in [0.717, 1.165) is 52.3 Å². The Morgan fingerprint density at radius 3 is 2.47 bits per heavy atom. The fourth-order valence-electron chi connectivity index (χ4n) is 4.81. The van der Waals surface area contributed by atoms with Gasteiger partial charge in [-0.05, 0) is 47.9 Å². The Kier molecular flexibility index (Phi) is 6.45. The SMILES string of the molecule is COc1ccccc1N1CCN(C(=O)CCc2c(-c3ccccc3)[nH]c3ccc(Cl)cc23)CC1. The second kappa shape index (κ2) is 9.82. The molecule has 0 unspecified atom stereocenters. The van der Waals surface area contributed by atoms with Gasteiger partial charge in [-0.2, -0.15) is 0 Å². The molecule has 1 fully saturated rings. The van der Waals surface area contributed by atoms with E-state index in [1.807, 2.05) is 59.5 Å². The number of ether oxygens (including phenoxy) is 1. The molecule has 0 atom stereocenters. The molecule has 5 nitrogen and oxygen atoms in total. The Morgan fingerprint density at radius 1 is 0.971 bits per heavy atom. The van der Waals surface area contributed by atoms with E-state index in [1.54, 1.807) is 7.11 Å². The van der Waals surface area contributed by atoms with Crippen molar-refractivity contribution in [3.8, 4) is 17.0 Å². The monoisotopic (exact) mass is 473 g/mol. The molecule has 34 heavy (non-hydrogen) atoms. The molecule has 0 radical (unpaired) electrons. The third kappa shape index (κ3) is 4.48. The molecule has 1 aliphatic heterocycles. The van der Waals surface area contributed by atoms with Crippen LogP contribution in [0.4, 0.5) is 5.69 Å². The van der Waals surface area contributed by atoms with E-state index < -0.39 is 0 Å². The summed E-state index contributed by atoms with van der Waals surface area (Å²) in [5.74, 6) is 1.06. The lowest BCUT2D eigenvalue weighted by atomic mass is 10.0. The van der Waals surface area contributed by atoms with Gasteiger partial charge in [-0.25, -0.2) is 0 Å². The number of carbonyl (C=O) groups excluding carboxylic acids is 1. The molecule has 4 aromatic rings. The van der Waals surface area contributed by atoms with Crippen LogP contribution in [-0.2, 0) is 11.2 Å². The number of hydrogen-bond acceptors (Lipinski definition) is 3. The van der Waals surface area contributed by atoms with E-state index in [1.165, 1.54) is 0 Å². The van der Waals surface area contributed by atoms with E-state index in [0.29, 0.717) is 31.0 Å². The number of methoxy groups -OCH3 is 1. The maximum absolute atomic E-state index is 13.2. The van der Waals surface area contributed by atoms with Crippen molar-refractivity contribution in [2.45, 2.75) is 12.8 Å². The van der Waals surface area contributed by atoms with Crippen LogP contribution >= 0.6 is 11.6 Å². The van der Waals surface area contributed by atoms with E-state index >= 15 is 0 Å². The zero-order chi connectivity index (χ0) is 23.5. The summed E-state index contributed by atoms with van der Waals surface area (Å²) in [6, 6.07) is 24.2. The first-order chi connectivity index (χ1) is 16.6. The predicted octanol–water partition coefficient (Wildman–Crippen LogP) is 5.78. The molecule has 0 spiro atoms. The van der Waals surface area contributed by atoms with E-state index in [2.05, 4.69) is 28.1 Å². The summed E-state index contributed by atoms with van der Waals surface area (Å²) in [5, 5.41) is 1.78. The summed E-state index contributed by atoms with van der Waals surface area (Å²) in [5.41, 5.74) is 5.44. The van der Waals surface area contributed by atoms with Crippen molar-refractivity contribution < 1.29 is 9.53 Å². The van der Waals surface area contributed by atoms with Crippen molar-refractivity contribution in [3.05, 3.63) is 83.4 Å². The van der Waals surface area contributed by atoms with Crippen LogP contribution in [0, 0.1) is 0 Å². The van der Waals surface area contributed by atoms with Gasteiger partial charge in [-0.1, -0.05) is 54.1 Å². The summed E-state index contributed by atoms with van der Waals surface area (Å²) in [7, 11) is 1.69. The highest BCUT2D eigenvalue weighted by Crippen LogP contribution is 2.33. The zero-order valence-electron chi connectivity index (χ0n) is 19.3. The summed E-state index contributed by atoms with van der Waals surface area (Å²) in [6.45, 7) is 3.01. The standard InChI is InChI=1S/C28H28ClN3O2/c1-34-26-10-6-5-9-25(26)31-15-17-32(18-16-31)27(33)14-12-22-23-19-21(29)11-13-24(23)30-28(22)20-7-3-2-4-8-20/h2-11,13,19,30H,12,14-18H2,1H3. The maximum atomic E-state index is 13.2. The van der Waals surface area contributed by atoms with Crippen LogP contribution in [0.5, 0.6) is 5.75 Å². The number of rotatable bonds is 6. The number of aromatic amines is 1. The van der Waals surface area contributed by atoms with E-state index in [9.17, 15) is 4.79 Å². The Labute approximate surface area is 204 Å². The summed E-state index contributed by atoms with van der Waals surface area (Å²) >= 11 is 6.31. The van der Waals surface area contributed by atoms with Gasteiger partial charge in [0.2, 0.25) is 5.91 Å². The number of nitrogens with zero attached hydrogens (tertiary/aromatic N) is 2. The largest absolute Gasteiger partial charge is 0.495 e. The minimum atomic E-state index is 0.190. The lowest BCUT2D eigenvalue weighted by molar-refractivity contribution is -0.131. The quantitative estimate of drug-likeness (QED) is 0.386. The normalized spacial score (nSPS) is 13.9. The van der Waals surface area contributed by atoms with Crippen LogP contribution in [0.25, 0.3) is 22.2 Å². The molecule has 0 bridgehead atoms. The molecule has 5 rings (SSSR count). The number of fused-ring (bicyclic) bond motifs is 1. The predicted molar refractivity (Wildman–Crippen MR) is 139 cm³/mol. The Bertz CT molecular complexity index is 1290. The van der Waals surface area contributed by atoms with Crippen molar-refractivity contribution in [3.63, 3.8) is 0 Å². The van der Waals surface area contributed by atoms with Crippen LogP contribution in [0.15, 0.2) is 72.8 Å². The van der Waals surface area contributed by atoms with Crippen molar-refractivity contribution in [2.24, 2.45) is 0 Å². The summed E-state index contributed by atoms with van der Waals surface area (Å²) in [4.78, 5) is 21.0. The topological polar surface area (TPSA) is 48.6 Å². The number of aromatic nitrogens is 1. The fraction of sp³-hybridized carbons (Fsp3) is 0.250. The number of halogens is 1. The van der Waals surface area contributed by atoms with Crippen molar-refractivity contribution in [1.82, 2.24) is 9.88 Å². The molecular weight excluding hydrogens is 446 g/mol. The average molecular weight is 474 g/mol. The molecule has 6 heteroatoms. The molecule has 1 saturated heterocycles. The van der Waals surface area contributed by atoms with Gasteiger partial charge in [0, 0.05) is 54.2 Å². The van der Waals surface area contributed by atoms with E-state index in [4.69, 9.17) is 16.3 Å². The number of anilines is 1. The number of amides is 1. The number of carbonyl (C=O) groups is 1. The minimum Gasteiger partial charge on any atom is -0.495 e. The highest BCUT2D eigenvalue weighted by atomic mass is 35.5. The molecule has 0 aliphatic carbocycles. The molecule has 1 aliphatic rings. The van der Waals surface area contributed by atoms with Gasteiger partial charge in [0.1, 0.15) is 5.75 Å². The number of para-hydroxylation sites is 2. The first-order valence-corrected chi connectivity index (χ1v) is 12.0. The average Bonchev–Trinajstić information content (AvgIpc) is 3.25. The summed E-state index contributed by atoms with van der Waals surface area (Å²) < 4.78 is 5.51. The fourth-order valence-corrected chi connectivity index (χ4v) is 4.98. The van der Waals surface area contributed by atoms with Crippen LogP contribution in [0.1, 0.15) is 12.0 Å². The lowest BCUT2D eigenvalue weighted by Crippen LogP contribution is -2.48. The van der Waals surface area contributed by atoms with Gasteiger partial charge < -0.3 is 19.5 Å². The lowest BCUT2D eigenvalue weighted by Gasteiger charge is -2.36. The van der Waals surface area contributed by atoms with Crippen molar-refractivity contribution in [1.29, 1.82) is 0 Å². The number of aryl methyl sites for hydroxylation is 1. The number of hydrogen-bond donors (Lipinski definition) is 1. The molecule has 1 aromatic heterocycles. The number of benzene rings is 3. The van der Waals surface area contributed by atoms with Crippen LogP contribution < -0.4 is 9.64 Å². The molecule has 174 valence electrons. The van der Waals surface area contributed by atoms with Gasteiger partial charge in [-0.3, -0.25) is 4.79 Å². The molecule has 0 saturated carbocycles. The Morgan fingerprint density at radius 2 is 1.71 bits per heavy atom. The minimum absolute atomic E-state index is 0.190. The zero-order valence-corrected chi connectivity index (χ0v) is 20.0.